The van der Waals surface area contributed by atoms with Gasteiger partial charge in [0.15, 0.2) is 0 Å². The summed E-state index contributed by atoms with van der Waals surface area (Å²) in [7, 11) is 0. The van der Waals surface area contributed by atoms with Gasteiger partial charge in [0.25, 0.3) is 5.91 Å². The number of nitrogens with zero attached hydrogens (tertiary/aromatic N) is 3. The van der Waals surface area contributed by atoms with Gasteiger partial charge >= 0.3 is 0 Å². The monoisotopic (exact) mass is 383 g/mol. The van der Waals surface area contributed by atoms with Gasteiger partial charge in [-0.25, -0.2) is 0 Å². The summed E-state index contributed by atoms with van der Waals surface area (Å²) >= 11 is 0. The fourth-order valence-corrected chi connectivity index (χ4v) is 3.76. The van der Waals surface area contributed by atoms with Gasteiger partial charge in [-0.1, -0.05) is 0 Å². The van der Waals surface area contributed by atoms with Crippen molar-refractivity contribution in [2.45, 2.75) is 19.3 Å². The molecule has 2 fully saturated rings. The van der Waals surface area contributed by atoms with Crippen molar-refractivity contribution in [3.8, 4) is 11.3 Å². The number of rotatable bonds is 2. The summed E-state index contributed by atoms with van der Waals surface area (Å²) < 4.78 is 0. The number of pyridine rings is 1. The highest BCUT2D eigenvalue weighted by Crippen LogP contribution is 2.37. The van der Waals surface area contributed by atoms with Crippen LogP contribution < -0.4 is 5.32 Å². The van der Waals surface area contributed by atoms with Gasteiger partial charge in [0, 0.05) is 37.6 Å². The Balaban J connectivity index is 0.00000113. The number of carbonyl (C=O) groups is 1. The van der Waals surface area contributed by atoms with E-state index in [1.807, 2.05) is 17.0 Å². The van der Waals surface area contributed by atoms with Crippen LogP contribution in [0.2, 0.25) is 0 Å². The van der Waals surface area contributed by atoms with E-state index < -0.39 is 0 Å². The lowest BCUT2D eigenvalue weighted by Crippen LogP contribution is -2.44. The third-order valence-corrected chi connectivity index (χ3v) is 5.28. The molecule has 0 aliphatic carbocycles. The van der Waals surface area contributed by atoms with Gasteiger partial charge in [-0.15, -0.1) is 24.8 Å². The fourth-order valence-electron chi connectivity index (χ4n) is 3.76. The normalized spacial score (nSPS) is 18.5. The maximum absolute atomic E-state index is 12.9. The zero-order chi connectivity index (χ0) is 15.7. The number of likely N-dealkylation sites (tertiary alicyclic amines) is 1. The smallest absolute Gasteiger partial charge is 0.257 e. The van der Waals surface area contributed by atoms with Crippen LogP contribution in [-0.2, 0) is 0 Å². The van der Waals surface area contributed by atoms with Crippen LogP contribution in [0.25, 0.3) is 11.3 Å². The molecule has 1 spiro atoms. The largest absolute Gasteiger partial charge is 0.338 e. The standard InChI is InChI=1S/C17H21N5O.2ClH/c23-16(22-9-4-17(5-10-22)3-8-19-12-17)14-11-20-21-15(14)13-1-6-18-7-2-13;;/h1-2,6-7,11,19H,3-5,8-10,12H2,(H,20,21);2*1H. The van der Waals surface area contributed by atoms with Crippen molar-refractivity contribution in [2.75, 3.05) is 26.2 Å². The van der Waals surface area contributed by atoms with Crippen LogP contribution in [0, 0.1) is 5.41 Å². The molecule has 4 heterocycles. The van der Waals surface area contributed by atoms with E-state index in [4.69, 9.17) is 0 Å². The molecule has 0 aromatic carbocycles. The van der Waals surface area contributed by atoms with E-state index >= 15 is 0 Å². The first-order valence-corrected chi connectivity index (χ1v) is 8.21. The molecule has 2 saturated heterocycles. The lowest BCUT2D eigenvalue weighted by molar-refractivity contribution is 0.0608. The number of nitrogens with one attached hydrogen (secondary N) is 2. The van der Waals surface area contributed by atoms with Crippen molar-refractivity contribution in [2.24, 2.45) is 5.41 Å². The molecule has 25 heavy (non-hydrogen) atoms. The highest BCUT2D eigenvalue weighted by Gasteiger charge is 2.38. The first kappa shape index (κ1) is 19.7. The average Bonchev–Trinajstić information content (AvgIpc) is 3.26. The molecule has 6 nitrogen and oxygen atoms in total. The zero-order valence-electron chi connectivity index (χ0n) is 13.9. The quantitative estimate of drug-likeness (QED) is 0.835. The Kier molecular flexibility index (Phi) is 6.43. The number of aromatic nitrogens is 3. The minimum absolute atomic E-state index is 0. The van der Waals surface area contributed by atoms with Gasteiger partial charge in [0.2, 0.25) is 0 Å². The summed E-state index contributed by atoms with van der Waals surface area (Å²) in [6, 6.07) is 3.78. The summed E-state index contributed by atoms with van der Waals surface area (Å²) in [5.41, 5.74) is 2.78. The van der Waals surface area contributed by atoms with Crippen LogP contribution in [0.3, 0.4) is 0 Å². The number of amides is 1. The van der Waals surface area contributed by atoms with Crippen LogP contribution in [-0.4, -0.2) is 52.2 Å². The van der Waals surface area contributed by atoms with E-state index in [1.54, 1.807) is 18.6 Å². The topological polar surface area (TPSA) is 73.9 Å². The van der Waals surface area contributed by atoms with E-state index in [-0.39, 0.29) is 30.7 Å². The number of carbonyl (C=O) groups excluding carboxylic acids is 1. The van der Waals surface area contributed by atoms with Crippen LogP contribution in [0.5, 0.6) is 0 Å². The van der Waals surface area contributed by atoms with Gasteiger partial charge in [0.05, 0.1) is 17.5 Å². The zero-order valence-corrected chi connectivity index (χ0v) is 15.5. The molecular formula is C17H23Cl2N5O. The number of halogens is 2. The summed E-state index contributed by atoms with van der Waals surface area (Å²) in [4.78, 5) is 18.9. The summed E-state index contributed by atoms with van der Waals surface area (Å²) in [5, 5.41) is 10.5. The molecule has 0 unspecified atom stereocenters. The minimum Gasteiger partial charge on any atom is -0.338 e. The molecule has 2 aromatic heterocycles. The van der Waals surface area contributed by atoms with E-state index in [2.05, 4.69) is 20.5 Å². The molecule has 136 valence electrons. The molecule has 1 amide bonds. The molecule has 2 aliphatic rings. The Morgan fingerprint density at radius 3 is 2.48 bits per heavy atom. The number of aromatic amines is 1. The predicted octanol–water partition coefficient (Wildman–Crippen LogP) is 2.53. The van der Waals surface area contributed by atoms with Crippen molar-refractivity contribution < 1.29 is 4.79 Å². The highest BCUT2D eigenvalue weighted by molar-refractivity contribution is 5.99. The van der Waals surface area contributed by atoms with Crippen molar-refractivity contribution in [1.29, 1.82) is 0 Å². The molecule has 0 radical (unpaired) electrons. The van der Waals surface area contributed by atoms with Gasteiger partial charge in [-0.3, -0.25) is 14.9 Å². The molecule has 4 rings (SSSR count). The second-order valence-corrected chi connectivity index (χ2v) is 6.61. The van der Waals surface area contributed by atoms with Gasteiger partial charge in [-0.05, 0) is 43.4 Å². The number of hydrogen-bond acceptors (Lipinski definition) is 4. The third-order valence-electron chi connectivity index (χ3n) is 5.28. The molecule has 0 atom stereocenters. The molecule has 8 heteroatoms. The highest BCUT2D eigenvalue weighted by atomic mass is 35.5. The van der Waals surface area contributed by atoms with Crippen molar-refractivity contribution >= 4 is 30.7 Å². The maximum Gasteiger partial charge on any atom is 0.257 e. The predicted molar refractivity (Wildman–Crippen MR) is 101 cm³/mol. The second kappa shape index (κ2) is 8.17. The Morgan fingerprint density at radius 2 is 1.84 bits per heavy atom. The molecule has 0 bridgehead atoms. The molecule has 2 aromatic rings. The number of H-pyrrole nitrogens is 1. The Morgan fingerprint density at radius 1 is 1.12 bits per heavy atom. The van der Waals surface area contributed by atoms with E-state index in [9.17, 15) is 4.79 Å². The van der Waals surface area contributed by atoms with Gasteiger partial charge in [-0.2, -0.15) is 5.10 Å². The average molecular weight is 384 g/mol. The SMILES string of the molecule is Cl.Cl.O=C(c1cn[nH]c1-c1ccncc1)N1CCC2(CCNC2)CC1. The Labute approximate surface area is 159 Å². The number of hydrogen-bond donors (Lipinski definition) is 2. The van der Waals surface area contributed by atoms with Crippen molar-refractivity contribution in [1.82, 2.24) is 25.4 Å². The van der Waals surface area contributed by atoms with E-state index in [0.29, 0.717) is 11.0 Å². The third kappa shape index (κ3) is 3.81. The Bertz CT molecular complexity index is 690. The fraction of sp³-hybridized carbons (Fsp3) is 0.471. The first-order valence-electron chi connectivity index (χ1n) is 8.21. The maximum atomic E-state index is 12.9. The molecule has 2 N–H and O–H groups in total. The van der Waals surface area contributed by atoms with E-state index in [1.165, 1.54) is 6.42 Å². The van der Waals surface area contributed by atoms with Crippen molar-refractivity contribution in [3.63, 3.8) is 0 Å². The first-order chi connectivity index (χ1) is 11.3. The summed E-state index contributed by atoms with van der Waals surface area (Å²) in [5.74, 6) is 0.0753. The van der Waals surface area contributed by atoms with Crippen molar-refractivity contribution in [3.05, 3.63) is 36.3 Å². The molecule has 0 saturated carbocycles. The minimum atomic E-state index is 0. The summed E-state index contributed by atoms with van der Waals surface area (Å²) in [6.07, 6.45) is 8.51. The molecule has 2 aliphatic heterocycles. The number of piperidine rings is 1. The molecular weight excluding hydrogens is 361 g/mol. The van der Waals surface area contributed by atoms with E-state index in [0.717, 1.165) is 50.3 Å². The lowest BCUT2D eigenvalue weighted by Gasteiger charge is -2.38. The second-order valence-electron chi connectivity index (χ2n) is 6.61. The summed E-state index contributed by atoms with van der Waals surface area (Å²) in [6.45, 7) is 3.88. The van der Waals surface area contributed by atoms with Gasteiger partial charge in [0.1, 0.15) is 0 Å². The van der Waals surface area contributed by atoms with Crippen LogP contribution in [0.4, 0.5) is 0 Å². The van der Waals surface area contributed by atoms with Crippen LogP contribution >= 0.6 is 24.8 Å². The Hall–Kier alpha value is -1.63. The van der Waals surface area contributed by atoms with Crippen LogP contribution in [0.15, 0.2) is 30.7 Å². The van der Waals surface area contributed by atoms with Gasteiger partial charge < -0.3 is 10.2 Å². The lowest BCUT2D eigenvalue weighted by atomic mass is 9.78. The van der Waals surface area contributed by atoms with Crippen LogP contribution in [0.1, 0.15) is 29.6 Å².